The summed E-state index contributed by atoms with van der Waals surface area (Å²) in [6.45, 7) is 3.61. The molecule has 0 amide bonds. The highest BCUT2D eigenvalue weighted by Crippen LogP contribution is 2.26. The number of aliphatic hydroxyl groups is 1. The number of aryl methyl sites for hydroxylation is 1. The minimum Gasteiger partial charge on any atom is -0.380 e. The van der Waals surface area contributed by atoms with Crippen molar-refractivity contribution < 1.29 is 10.0 Å². The van der Waals surface area contributed by atoms with Crippen molar-refractivity contribution in [2.75, 3.05) is 0 Å². The first kappa shape index (κ1) is 11.1. The second-order valence-corrected chi connectivity index (χ2v) is 4.18. The molecule has 1 N–H and O–H groups in total. The molecule has 2 atom stereocenters. The van der Waals surface area contributed by atoms with Crippen LogP contribution in [0.25, 0.3) is 0 Å². The number of thiophene rings is 1. The highest BCUT2D eigenvalue weighted by molar-refractivity contribution is 7.10. The lowest BCUT2D eigenvalue weighted by molar-refractivity contribution is -0.536. The normalized spacial score (nSPS) is 15.1. The third kappa shape index (κ3) is 2.30. The van der Waals surface area contributed by atoms with Crippen molar-refractivity contribution in [1.29, 1.82) is 0 Å². The van der Waals surface area contributed by atoms with E-state index in [1.54, 1.807) is 13.0 Å². The summed E-state index contributed by atoms with van der Waals surface area (Å²) in [5.41, 5.74) is 1.03. The highest BCUT2D eigenvalue weighted by Gasteiger charge is 2.29. The van der Waals surface area contributed by atoms with Gasteiger partial charge in [-0.1, -0.05) is 6.92 Å². The van der Waals surface area contributed by atoms with Crippen molar-refractivity contribution in [3.63, 3.8) is 0 Å². The van der Waals surface area contributed by atoms with E-state index in [1.165, 1.54) is 11.3 Å². The topological polar surface area (TPSA) is 63.4 Å². The predicted molar refractivity (Wildman–Crippen MR) is 55.1 cm³/mol. The molecule has 0 aliphatic heterocycles. The van der Waals surface area contributed by atoms with Crippen molar-refractivity contribution >= 4 is 11.3 Å². The number of hydrogen-bond donors (Lipinski definition) is 1. The van der Waals surface area contributed by atoms with Crippen molar-refractivity contribution in [2.24, 2.45) is 0 Å². The molecule has 78 valence electrons. The maximum Gasteiger partial charge on any atom is 0.243 e. The molecule has 2 unspecified atom stereocenters. The molecule has 1 heterocycles. The fraction of sp³-hybridized carbons (Fsp3) is 0.556. The summed E-state index contributed by atoms with van der Waals surface area (Å²) in [5.74, 6) is 0. The number of hydrogen-bond acceptors (Lipinski definition) is 4. The number of nitrogens with zero attached hydrogens (tertiary/aromatic N) is 1. The molecule has 4 nitrogen and oxygen atoms in total. The number of rotatable bonds is 4. The van der Waals surface area contributed by atoms with Crippen LogP contribution >= 0.6 is 11.3 Å². The number of nitro groups is 1. The third-order valence-electron chi connectivity index (χ3n) is 2.10. The van der Waals surface area contributed by atoms with Crippen LogP contribution in [0.15, 0.2) is 11.4 Å². The smallest absolute Gasteiger partial charge is 0.243 e. The monoisotopic (exact) mass is 215 g/mol. The van der Waals surface area contributed by atoms with Crippen LogP contribution < -0.4 is 0 Å². The van der Waals surface area contributed by atoms with Gasteiger partial charge in [0.1, 0.15) is 0 Å². The molecule has 5 heteroatoms. The van der Waals surface area contributed by atoms with Crippen LogP contribution in [0.4, 0.5) is 0 Å². The molecule has 1 rings (SSSR count). The van der Waals surface area contributed by atoms with E-state index in [9.17, 15) is 15.2 Å². The molecule has 1 aromatic rings. The van der Waals surface area contributed by atoms with Gasteiger partial charge in [-0.15, -0.1) is 11.3 Å². The first-order valence-electron chi connectivity index (χ1n) is 4.42. The third-order valence-corrected chi connectivity index (χ3v) is 3.22. The van der Waals surface area contributed by atoms with Gasteiger partial charge in [-0.2, -0.15) is 0 Å². The fourth-order valence-corrected chi connectivity index (χ4v) is 2.23. The zero-order valence-electron chi connectivity index (χ0n) is 8.14. The fourth-order valence-electron chi connectivity index (χ4n) is 1.29. The van der Waals surface area contributed by atoms with Crippen LogP contribution in [0.3, 0.4) is 0 Å². The van der Waals surface area contributed by atoms with Gasteiger partial charge in [-0.3, -0.25) is 10.1 Å². The Morgan fingerprint density at radius 3 is 2.71 bits per heavy atom. The quantitative estimate of drug-likeness (QED) is 0.618. The van der Waals surface area contributed by atoms with E-state index in [2.05, 4.69) is 0 Å². The Morgan fingerprint density at radius 1 is 1.71 bits per heavy atom. The summed E-state index contributed by atoms with van der Waals surface area (Å²) in [6.07, 6.45) is -0.640. The maximum atomic E-state index is 10.6. The Kier molecular flexibility index (Phi) is 3.60. The summed E-state index contributed by atoms with van der Waals surface area (Å²) in [5, 5.41) is 22.2. The SMILES string of the molecule is CCC(C(O)c1cc(C)cs1)[N+](=O)[O-]. The Balaban J connectivity index is 2.82. The summed E-state index contributed by atoms with van der Waals surface area (Å²) in [7, 11) is 0. The highest BCUT2D eigenvalue weighted by atomic mass is 32.1. The molecule has 0 bridgehead atoms. The largest absolute Gasteiger partial charge is 0.380 e. The van der Waals surface area contributed by atoms with E-state index in [0.717, 1.165) is 5.56 Å². The average molecular weight is 215 g/mol. The van der Waals surface area contributed by atoms with E-state index in [4.69, 9.17) is 0 Å². The molecule has 0 aromatic carbocycles. The van der Waals surface area contributed by atoms with Crippen molar-refractivity contribution in [1.82, 2.24) is 0 Å². The Hall–Kier alpha value is -0.940. The van der Waals surface area contributed by atoms with E-state index < -0.39 is 17.1 Å². The Labute approximate surface area is 86.3 Å². The molecule has 0 fully saturated rings. The molecule has 1 aromatic heterocycles. The lowest BCUT2D eigenvalue weighted by atomic mass is 10.1. The van der Waals surface area contributed by atoms with Gasteiger partial charge in [0.05, 0.1) is 0 Å². The van der Waals surface area contributed by atoms with Crippen LogP contribution in [0, 0.1) is 17.0 Å². The summed E-state index contributed by atoms with van der Waals surface area (Å²) >= 11 is 1.36. The molecule has 0 spiro atoms. The van der Waals surface area contributed by atoms with E-state index in [-0.39, 0.29) is 0 Å². The summed E-state index contributed by atoms with van der Waals surface area (Å²) in [6, 6.07) is 0.898. The van der Waals surface area contributed by atoms with Gasteiger partial charge in [0.25, 0.3) is 0 Å². The first-order chi connectivity index (χ1) is 6.56. The van der Waals surface area contributed by atoms with E-state index >= 15 is 0 Å². The van der Waals surface area contributed by atoms with Gasteiger partial charge >= 0.3 is 0 Å². The van der Waals surface area contributed by atoms with Gasteiger partial charge in [0.2, 0.25) is 6.04 Å². The molecular weight excluding hydrogens is 202 g/mol. The van der Waals surface area contributed by atoms with Gasteiger partial charge in [0, 0.05) is 16.2 Å². The van der Waals surface area contributed by atoms with Crippen molar-refractivity contribution in [3.8, 4) is 0 Å². The molecular formula is C9H13NO3S. The van der Waals surface area contributed by atoms with Crippen LogP contribution in [0.5, 0.6) is 0 Å². The maximum absolute atomic E-state index is 10.6. The predicted octanol–water partition coefficient (Wildman–Crippen LogP) is 2.15. The summed E-state index contributed by atoms with van der Waals surface area (Å²) < 4.78 is 0. The van der Waals surface area contributed by atoms with Crippen LogP contribution in [0.1, 0.15) is 29.9 Å². The van der Waals surface area contributed by atoms with Gasteiger partial charge < -0.3 is 5.11 Å². The number of aliphatic hydroxyl groups excluding tert-OH is 1. The van der Waals surface area contributed by atoms with Crippen LogP contribution in [-0.4, -0.2) is 16.1 Å². The molecule has 0 aliphatic carbocycles. The minimum absolute atomic E-state index is 0.338. The van der Waals surface area contributed by atoms with Crippen molar-refractivity contribution in [2.45, 2.75) is 32.4 Å². The van der Waals surface area contributed by atoms with Gasteiger partial charge in [0.15, 0.2) is 6.10 Å². The zero-order chi connectivity index (χ0) is 10.7. The standard InChI is InChI=1S/C9H13NO3S/c1-3-7(10(12)13)9(11)8-4-6(2)5-14-8/h4-5,7,9,11H,3H2,1-2H3. The van der Waals surface area contributed by atoms with Crippen molar-refractivity contribution in [3.05, 3.63) is 32.0 Å². The molecule has 0 saturated heterocycles. The zero-order valence-corrected chi connectivity index (χ0v) is 8.95. The van der Waals surface area contributed by atoms with Crippen LogP contribution in [-0.2, 0) is 0 Å². The minimum atomic E-state index is -0.978. The molecule has 14 heavy (non-hydrogen) atoms. The Bertz CT molecular complexity index is 324. The molecule has 0 radical (unpaired) electrons. The average Bonchev–Trinajstić information content (AvgIpc) is 2.52. The molecule has 0 aliphatic rings. The lowest BCUT2D eigenvalue weighted by Crippen LogP contribution is -2.26. The van der Waals surface area contributed by atoms with E-state index in [1.807, 2.05) is 12.3 Å². The summed E-state index contributed by atoms with van der Waals surface area (Å²) in [4.78, 5) is 10.9. The first-order valence-corrected chi connectivity index (χ1v) is 5.30. The van der Waals surface area contributed by atoms with Gasteiger partial charge in [-0.25, -0.2) is 0 Å². The second kappa shape index (κ2) is 4.52. The van der Waals surface area contributed by atoms with E-state index in [0.29, 0.717) is 11.3 Å². The lowest BCUT2D eigenvalue weighted by Gasteiger charge is -2.12. The second-order valence-electron chi connectivity index (χ2n) is 3.23. The van der Waals surface area contributed by atoms with Crippen LogP contribution in [0.2, 0.25) is 0 Å². The Morgan fingerprint density at radius 2 is 2.36 bits per heavy atom. The molecule has 0 saturated carbocycles. The van der Waals surface area contributed by atoms with Gasteiger partial charge in [-0.05, 0) is 23.9 Å².